The van der Waals surface area contributed by atoms with Crippen LogP contribution in [-0.2, 0) is 0 Å². The number of hydrogen-bond acceptors (Lipinski definition) is 4. The van der Waals surface area contributed by atoms with Gasteiger partial charge in [-0.25, -0.2) is 0 Å². The van der Waals surface area contributed by atoms with Crippen molar-refractivity contribution in [3.05, 3.63) is 48.0 Å². The molecule has 0 amide bonds. The molecule has 0 unspecified atom stereocenters. The first-order chi connectivity index (χ1) is 7.90. The number of fused-ring (bicyclic) bond motifs is 2. The third-order valence-corrected chi connectivity index (χ3v) is 2.46. The van der Waals surface area contributed by atoms with Gasteiger partial charge in [-0.2, -0.15) is 0 Å². The first kappa shape index (κ1) is 8.91. The Balaban J connectivity index is 2.68. The fourth-order valence-corrected chi connectivity index (χ4v) is 1.75. The Morgan fingerprint density at radius 3 is 2.75 bits per heavy atom. The quantitative estimate of drug-likeness (QED) is 0.353. The molecule has 0 radical (unpaired) electrons. The third-order valence-electron chi connectivity index (χ3n) is 2.46. The van der Waals surface area contributed by atoms with Crippen LogP contribution < -0.4 is 5.36 Å². The lowest BCUT2D eigenvalue weighted by Gasteiger charge is -2.00. The zero-order valence-electron chi connectivity index (χ0n) is 8.29. The number of aromatic nitrogens is 1. The molecule has 2 heterocycles. The lowest BCUT2D eigenvalue weighted by molar-refractivity contribution is 0.303. The first-order valence-electron chi connectivity index (χ1n) is 4.85. The molecule has 1 aromatic carbocycles. The molecule has 0 bridgehead atoms. The summed E-state index contributed by atoms with van der Waals surface area (Å²) in [6.45, 7) is 0. The minimum Gasteiger partial charge on any atom is -0.454 e. The molecule has 16 heavy (non-hydrogen) atoms. The highest BCUT2D eigenvalue weighted by atomic mass is 16.4. The number of para-hydroxylation sites is 1. The standard InChI is InChI=1S/C12H8N2O2/c15-14-11-8-4-1-2-5-9(8)16-10-6-3-7-13-12(10)11/h1-7,15H. The summed E-state index contributed by atoms with van der Waals surface area (Å²) in [6.07, 6.45) is 1.64. The summed E-state index contributed by atoms with van der Waals surface area (Å²) in [6, 6.07) is 11.0. The minimum absolute atomic E-state index is 0.442. The molecule has 4 nitrogen and oxygen atoms in total. The van der Waals surface area contributed by atoms with Crippen molar-refractivity contribution in [2.75, 3.05) is 0 Å². The van der Waals surface area contributed by atoms with Crippen LogP contribution in [0.1, 0.15) is 0 Å². The van der Waals surface area contributed by atoms with Gasteiger partial charge < -0.3 is 9.62 Å². The highest BCUT2D eigenvalue weighted by Crippen LogP contribution is 2.16. The molecule has 0 atom stereocenters. The van der Waals surface area contributed by atoms with E-state index in [0.717, 1.165) is 5.39 Å². The Hall–Kier alpha value is -2.36. The summed E-state index contributed by atoms with van der Waals surface area (Å²) >= 11 is 0. The Bertz CT molecular complexity index is 674. The van der Waals surface area contributed by atoms with Crippen LogP contribution >= 0.6 is 0 Å². The van der Waals surface area contributed by atoms with Crippen LogP contribution in [0.3, 0.4) is 0 Å². The molecule has 78 valence electrons. The highest BCUT2D eigenvalue weighted by molar-refractivity contribution is 5.86. The largest absolute Gasteiger partial charge is 0.454 e. The van der Waals surface area contributed by atoms with E-state index >= 15 is 0 Å². The van der Waals surface area contributed by atoms with Crippen molar-refractivity contribution in [2.45, 2.75) is 0 Å². The smallest absolute Gasteiger partial charge is 0.155 e. The molecule has 0 aliphatic heterocycles. The maximum absolute atomic E-state index is 9.08. The van der Waals surface area contributed by atoms with Crippen LogP contribution in [0.5, 0.6) is 0 Å². The van der Waals surface area contributed by atoms with Crippen molar-refractivity contribution >= 4 is 22.1 Å². The minimum atomic E-state index is 0.442. The average Bonchev–Trinajstić information content (AvgIpc) is 2.36. The Kier molecular flexibility index (Phi) is 1.86. The summed E-state index contributed by atoms with van der Waals surface area (Å²) in [5.74, 6) is 0. The Morgan fingerprint density at radius 2 is 1.88 bits per heavy atom. The van der Waals surface area contributed by atoms with E-state index < -0.39 is 0 Å². The van der Waals surface area contributed by atoms with Gasteiger partial charge in [-0.1, -0.05) is 17.3 Å². The fourth-order valence-electron chi connectivity index (χ4n) is 1.75. The molecule has 3 rings (SSSR count). The average molecular weight is 212 g/mol. The summed E-state index contributed by atoms with van der Waals surface area (Å²) in [7, 11) is 0. The number of nitrogens with zero attached hydrogens (tertiary/aromatic N) is 2. The number of pyridine rings is 1. The van der Waals surface area contributed by atoms with Crippen LogP contribution in [0.4, 0.5) is 0 Å². The van der Waals surface area contributed by atoms with E-state index in [0.29, 0.717) is 22.0 Å². The van der Waals surface area contributed by atoms with Crippen LogP contribution in [0.25, 0.3) is 22.1 Å². The summed E-state index contributed by atoms with van der Waals surface area (Å²) in [4.78, 5) is 4.15. The van der Waals surface area contributed by atoms with Crippen molar-refractivity contribution in [2.24, 2.45) is 5.16 Å². The normalized spacial score (nSPS) is 12.4. The molecule has 0 saturated heterocycles. The van der Waals surface area contributed by atoms with E-state index in [4.69, 9.17) is 9.62 Å². The van der Waals surface area contributed by atoms with Crippen molar-refractivity contribution < 1.29 is 9.62 Å². The molecular formula is C12H8N2O2. The lowest BCUT2D eigenvalue weighted by atomic mass is 10.2. The second-order valence-corrected chi connectivity index (χ2v) is 3.40. The van der Waals surface area contributed by atoms with E-state index in [1.807, 2.05) is 24.3 Å². The zero-order valence-corrected chi connectivity index (χ0v) is 8.29. The monoisotopic (exact) mass is 212 g/mol. The van der Waals surface area contributed by atoms with Gasteiger partial charge in [-0.15, -0.1) is 0 Å². The highest BCUT2D eigenvalue weighted by Gasteiger charge is 2.05. The van der Waals surface area contributed by atoms with Crippen LogP contribution in [0.15, 0.2) is 52.2 Å². The van der Waals surface area contributed by atoms with Crippen LogP contribution in [0, 0.1) is 0 Å². The predicted molar refractivity (Wildman–Crippen MR) is 58.9 cm³/mol. The molecule has 0 aliphatic carbocycles. The summed E-state index contributed by atoms with van der Waals surface area (Å²) < 4.78 is 5.66. The predicted octanol–water partition coefficient (Wildman–Crippen LogP) is 2.27. The van der Waals surface area contributed by atoms with Gasteiger partial charge >= 0.3 is 0 Å². The fraction of sp³-hybridized carbons (Fsp3) is 0. The second kappa shape index (κ2) is 3.34. The third kappa shape index (κ3) is 1.16. The maximum atomic E-state index is 9.08. The first-order valence-corrected chi connectivity index (χ1v) is 4.85. The van der Waals surface area contributed by atoms with Gasteiger partial charge in [0.25, 0.3) is 0 Å². The molecule has 0 aliphatic rings. The zero-order chi connectivity index (χ0) is 11.0. The van der Waals surface area contributed by atoms with E-state index in [1.54, 1.807) is 18.3 Å². The molecule has 2 aromatic heterocycles. The van der Waals surface area contributed by atoms with Crippen LogP contribution in [-0.4, -0.2) is 10.2 Å². The summed E-state index contributed by atoms with van der Waals surface area (Å²) in [5, 5.41) is 13.6. The SMILES string of the molecule is ON=c1c2ccccc2oc2cccnc12. The van der Waals surface area contributed by atoms with Crippen LogP contribution in [0.2, 0.25) is 0 Å². The van der Waals surface area contributed by atoms with Gasteiger partial charge in [-0.3, -0.25) is 4.98 Å². The molecule has 1 N–H and O–H groups in total. The molecule has 0 fully saturated rings. The number of rotatable bonds is 0. The van der Waals surface area contributed by atoms with E-state index in [9.17, 15) is 0 Å². The van der Waals surface area contributed by atoms with E-state index in [-0.39, 0.29) is 0 Å². The van der Waals surface area contributed by atoms with Gasteiger partial charge in [0.2, 0.25) is 0 Å². The lowest BCUT2D eigenvalue weighted by Crippen LogP contribution is -2.06. The molecular weight excluding hydrogens is 204 g/mol. The maximum Gasteiger partial charge on any atom is 0.155 e. The molecule has 0 saturated carbocycles. The number of benzene rings is 1. The van der Waals surface area contributed by atoms with Gasteiger partial charge in [0, 0.05) is 11.6 Å². The second-order valence-electron chi connectivity index (χ2n) is 3.40. The van der Waals surface area contributed by atoms with Crippen molar-refractivity contribution in [1.29, 1.82) is 0 Å². The molecule has 0 spiro atoms. The van der Waals surface area contributed by atoms with Gasteiger partial charge in [0.15, 0.2) is 5.58 Å². The molecule has 3 aromatic rings. The van der Waals surface area contributed by atoms with Crippen molar-refractivity contribution in [1.82, 2.24) is 4.98 Å². The van der Waals surface area contributed by atoms with Crippen molar-refractivity contribution in [3.8, 4) is 0 Å². The Labute approximate surface area is 90.5 Å². The van der Waals surface area contributed by atoms with Crippen molar-refractivity contribution in [3.63, 3.8) is 0 Å². The van der Waals surface area contributed by atoms with Gasteiger partial charge in [-0.05, 0) is 24.3 Å². The topological polar surface area (TPSA) is 58.6 Å². The van der Waals surface area contributed by atoms with Gasteiger partial charge in [0.05, 0.1) is 0 Å². The number of hydrogen-bond donors (Lipinski definition) is 1. The Morgan fingerprint density at radius 1 is 1.06 bits per heavy atom. The van der Waals surface area contributed by atoms with E-state index in [1.165, 1.54) is 0 Å². The van der Waals surface area contributed by atoms with Gasteiger partial charge in [0.1, 0.15) is 16.5 Å². The van der Waals surface area contributed by atoms with E-state index in [2.05, 4.69) is 10.1 Å². The summed E-state index contributed by atoms with van der Waals surface area (Å²) in [5.41, 5.74) is 1.84. The molecule has 4 heteroatoms.